The standard InChI is InChI=1S/C13H14O/c1-9-5-3-4-6-12(9)11-7-10(2)13(14)8-11/h3-6,11H,2,7-8H2,1H3. The summed E-state index contributed by atoms with van der Waals surface area (Å²) in [7, 11) is 0. The first-order chi connectivity index (χ1) is 6.68. The maximum atomic E-state index is 11.4. The van der Waals surface area contributed by atoms with Crippen LogP contribution in [0.5, 0.6) is 0 Å². The van der Waals surface area contributed by atoms with Crippen molar-refractivity contribution in [3.05, 3.63) is 47.5 Å². The van der Waals surface area contributed by atoms with Crippen molar-refractivity contribution >= 4 is 5.78 Å². The number of Topliss-reactive ketones (excluding diaryl/α,β-unsaturated/α-hetero) is 1. The van der Waals surface area contributed by atoms with Crippen LogP contribution in [0.15, 0.2) is 36.4 Å². The van der Waals surface area contributed by atoms with Gasteiger partial charge in [0.25, 0.3) is 0 Å². The number of aryl methyl sites for hydroxylation is 1. The van der Waals surface area contributed by atoms with E-state index in [1.807, 2.05) is 12.1 Å². The smallest absolute Gasteiger partial charge is 0.158 e. The van der Waals surface area contributed by atoms with Gasteiger partial charge in [0.15, 0.2) is 5.78 Å². The Balaban J connectivity index is 2.30. The van der Waals surface area contributed by atoms with Crippen LogP contribution in [0.3, 0.4) is 0 Å². The van der Waals surface area contributed by atoms with Gasteiger partial charge in [0.2, 0.25) is 0 Å². The molecule has 1 aliphatic carbocycles. The van der Waals surface area contributed by atoms with E-state index in [0.29, 0.717) is 12.3 Å². The number of allylic oxidation sites excluding steroid dienone is 1. The summed E-state index contributed by atoms with van der Waals surface area (Å²) in [6.45, 7) is 5.89. The molecule has 0 spiro atoms. The third-order valence-electron chi connectivity index (χ3n) is 2.95. The van der Waals surface area contributed by atoms with E-state index < -0.39 is 0 Å². The molecule has 1 aromatic carbocycles. The average Bonchev–Trinajstić information content (AvgIpc) is 2.48. The van der Waals surface area contributed by atoms with Crippen LogP contribution in [0, 0.1) is 6.92 Å². The number of carbonyl (C=O) groups is 1. The Morgan fingerprint density at radius 1 is 1.29 bits per heavy atom. The maximum absolute atomic E-state index is 11.4. The van der Waals surface area contributed by atoms with Gasteiger partial charge in [-0.2, -0.15) is 0 Å². The molecule has 0 aromatic heterocycles. The molecule has 0 bridgehead atoms. The second-order valence-electron chi connectivity index (χ2n) is 3.99. The summed E-state index contributed by atoms with van der Waals surface area (Å²) in [5.74, 6) is 0.606. The van der Waals surface area contributed by atoms with E-state index in [4.69, 9.17) is 0 Å². The summed E-state index contributed by atoms with van der Waals surface area (Å²) >= 11 is 0. The molecular formula is C13H14O. The van der Waals surface area contributed by atoms with Crippen LogP contribution in [0.25, 0.3) is 0 Å². The van der Waals surface area contributed by atoms with E-state index >= 15 is 0 Å². The molecule has 1 heteroatoms. The highest BCUT2D eigenvalue weighted by Gasteiger charge is 2.27. The van der Waals surface area contributed by atoms with Gasteiger partial charge in [-0.15, -0.1) is 0 Å². The summed E-state index contributed by atoms with van der Waals surface area (Å²) in [5.41, 5.74) is 3.37. The Bertz CT molecular complexity index is 374. The maximum Gasteiger partial charge on any atom is 0.158 e. The molecule has 1 aromatic rings. The van der Waals surface area contributed by atoms with E-state index in [1.165, 1.54) is 11.1 Å². The topological polar surface area (TPSA) is 17.1 Å². The molecule has 1 nitrogen and oxygen atoms in total. The Morgan fingerprint density at radius 3 is 2.57 bits per heavy atom. The molecule has 0 N–H and O–H groups in total. The van der Waals surface area contributed by atoms with Gasteiger partial charge in [-0.25, -0.2) is 0 Å². The van der Waals surface area contributed by atoms with Gasteiger partial charge in [-0.05, 0) is 36.0 Å². The van der Waals surface area contributed by atoms with E-state index in [1.54, 1.807) is 0 Å². The van der Waals surface area contributed by atoms with E-state index in [-0.39, 0.29) is 5.78 Å². The minimum Gasteiger partial charge on any atom is -0.295 e. The Morgan fingerprint density at radius 2 is 2.00 bits per heavy atom. The molecule has 1 fully saturated rings. The first kappa shape index (κ1) is 9.20. The number of benzene rings is 1. The predicted octanol–water partition coefficient (Wildman–Crippen LogP) is 3.00. The molecule has 1 saturated carbocycles. The lowest BCUT2D eigenvalue weighted by atomic mass is 9.93. The number of rotatable bonds is 1. The van der Waals surface area contributed by atoms with Gasteiger partial charge in [-0.3, -0.25) is 4.79 Å². The van der Waals surface area contributed by atoms with E-state index in [2.05, 4.69) is 25.6 Å². The van der Waals surface area contributed by atoms with Crippen LogP contribution in [0.2, 0.25) is 0 Å². The molecule has 0 radical (unpaired) electrons. The lowest BCUT2D eigenvalue weighted by Gasteiger charge is -2.10. The molecule has 14 heavy (non-hydrogen) atoms. The molecule has 0 aliphatic heterocycles. The lowest BCUT2D eigenvalue weighted by Crippen LogP contribution is -1.96. The predicted molar refractivity (Wildman–Crippen MR) is 57.3 cm³/mol. The lowest BCUT2D eigenvalue weighted by molar-refractivity contribution is -0.114. The van der Waals surface area contributed by atoms with Crippen LogP contribution in [-0.4, -0.2) is 5.78 Å². The molecule has 72 valence electrons. The molecule has 2 rings (SSSR count). The third kappa shape index (κ3) is 1.50. The molecule has 1 atom stereocenters. The van der Waals surface area contributed by atoms with Gasteiger partial charge < -0.3 is 0 Å². The van der Waals surface area contributed by atoms with Crippen LogP contribution in [-0.2, 0) is 4.79 Å². The number of carbonyl (C=O) groups excluding carboxylic acids is 1. The second-order valence-corrected chi connectivity index (χ2v) is 3.99. The summed E-state index contributed by atoms with van der Waals surface area (Å²) in [6.07, 6.45) is 1.48. The summed E-state index contributed by atoms with van der Waals surface area (Å²) in [6, 6.07) is 8.28. The van der Waals surface area contributed by atoms with Crippen LogP contribution in [0.4, 0.5) is 0 Å². The minimum absolute atomic E-state index is 0.234. The van der Waals surface area contributed by atoms with Crippen molar-refractivity contribution in [1.29, 1.82) is 0 Å². The van der Waals surface area contributed by atoms with Crippen LogP contribution < -0.4 is 0 Å². The van der Waals surface area contributed by atoms with Crippen molar-refractivity contribution in [3.8, 4) is 0 Å². The third-order valence-corrected chi connectivity index (χ3v) is 2.95. The van der Waals surface area contributed by atoms with Crippen LogP contribution in [0.1, 0.15) is 29.9 Å². The summed E-state index contributed by atoms with van der Waals surface area (Å²) in [4.78, 5) is 11.4. The SMILES string of the molecule is C=C1CC(c2ccccc2C)CC1=O. The Hall–Kier alpha value is -1.37. The van der Waals surface area contributed by atoms with Gasteiger partial charge >= 0.3 is 0 Å². The number of hydrogen-bond donors (Lipinski definition) is 0. The highest BCUT2D eigenvalue weighted by Crippen LogP contribution is 2.35. The first-order valence-electron chi connectivity index (χ1n) is 4.95. The first-order valence-corrected chi connectivity index (χ1v) is 4.95. The van der Waals surface area contributed by atoms with Crippen molar-refractivity contribution < 1.29 is 4.79 Å². The van der Waals surface area contributed by atoms with Crippen molar-refractivity contribution in [2.45, 2.75) is 25.7 Å². The molecule has 0 saturated heterocycles. The summed E-state index contributed by atoms with van der Waals surface area (Å²) in [5, 5.41) is 0. The quantitative estimate of drug-likeness (QED) is 0.616. The van der Waals surface area contributed by atoms with Gasteiger partial charge in [0.05, 0.1) is 0 Å². The zero-order chi connectivity index (χ0) is 10.1. The molecule has 0 heterocycles. The van der Waals surface area contributed by atoms with Gasteiger partial charge in [-0.1, -0.05) is 30.8 Å². The average molecular weight is 186 g/mol. The fraction of sp³-hybridized carbons (Fsp3) is 0.308. The van der Waals surface area contributed by atoms with Crippen molar-refractivity contribution in [2.24, 2.45) is 0 Å². The fourth-order valence-corrected chi connectivity index (χ4v) is 2.12. The monoisotopic (exact) mass is 186 g/mol. The Labute approximate surface area is 84.5 Å². The van der Waals surface area contributed by atoms with Gasteiger partial charge in [0.1, 0.15) is 0 Å². The zero-order valence-electron chi connectivity index (χ0n) is 8.42. The summed E-state index contributed by atoms with van der Waals surface area (Å²) < 4.78 is 0. The molecule has 0 amide bonds. The zero-order valence-corrected chi connectivity index (χ0v) is 8.42. The number of ketones is 1. The van der Waals surface area contributed by atoms with E-state index in [9.17, 15) is 4.79 Å². The van der Waals surface area contributed by atoms with Crippen LogP contribution >= 0.6 is 0 Å². The fourth-order valence-electron chi connectivity index (χ4n) is 2.12. The Kier molecular flexibility index (Phi) is 2.24. The van der Waals surface area contributed by atoms with E-state index in [0.717, 1.165) is 12.0 Å². The largest absolute Gasteiger partial charge is 0.295 e. The molecule has 1 aliphatic rings. The normalized spacial score (nSPS) is 21.6. The molecule has 1 unspecified atom stereocenters. The number of hydrogen-bond acceptors (Lipinski definition) is 1. The molecular weight excluding hydrogens is 172 g/mol. The highest BCUT2D eigenvalue weighted by molar-refractivity contribution is 5.97. The van der Waals surface area contributed by atoms with Crippen molar-refractivity contribution in [2.75, 3.05) is 0 Å². The van der Waals surface area contributed by atoms with Gasteiger partial charge in [0, 0.05) is 6.42 Å². The minimum atomic E-state index is 0.234. The van der Waals surface area contributed by atoms with Crippen molar-refractivity contribution in [3.63, 3.8) is 0 Å². The van der Waals surface area contributed by atoms with Crippen molar-refractivity contribution in [1.82, 2.24) is 0 Å². The second kappa shape index (κ2) is 3.41. The highest BCUT2D eigenvalue weighted by atomic mass is 16.1.